The van der Waals surface area contributed by atoms with E-state index in [9.17, 15) is 4.79 Å². The van der Waals surface area contributed by atoms with Crippen LogP contribution in [0.1, 0.15) is 6.42 Å². The van der Waals surface area contributed by atoms with Gasteiger partial charge in [-0.3, -0.25) is 4.79 Å². The maximum Gasteiger partial charge on any atom is 0.298 e. The first kappa shape index (κ1) is 8.09. The van der Waals surface area contributed by atoms with Crippen molar-refractivity contribution < 1.29 is 4.79 Å². The maximum atomic E-state index is 11.0. The summed E-state index contributed by atoms with van der Waals surface area (Å²) in [4.78, 5) is 12.7. The number of carbonyl (C=O) groups is 1. The molecule has 1 amide bonds. The van der Waals surface area contributed by atoms with Crippen LogP contribution in [0.25, 0.3) is 0 Å². The molecule has 0 atom stereocenters. The van der Waals surface area contributed by atoms with Gasteiger partial charge in [-0.2, -0.15) is 0 Å². The van der Waals surface area contributed by atoms with Gasteiger partial charge in [-0.05, 0) is 18.9 Å². The summed E-state index contributed by atoms with van der Waals surface area (Å²) in [6.07, 6.45) is 5.99. The lowest BCUT2D eigenvalue weighted by Crippen LogP contribution is -2.32. The molecule has 1 fully saturated rings. The van der Waals surface area contributed by atoms with Crippen molar-refractivity contribution in [2.24, 2.45) is 0 Å². The number of hydrogen-bond donors (Lipinski definition) is 1. The Morgan fingerprint density at radius 3 is 3.00 bits per heavy atom. The highest BCUT2D eigenvalue weighted by Crippen LogP contribution is 1.94. The molecule has 0 aromatic rings. The zero-order valence-corrected chi connectivity index (χ0v) is 6.47. The van der Waals surface area contributed by atoms with Gasteiger partial charge in [-0.15, -0.1) is 6.42 Å². The molecule has 0 bridgehead atoms. The summed E-state index contributed by atoms with van der Waals surface area (Å²) >= 11 is 0. The Bertz CT molecular complexity index is 175. The molecule has 60 valence electrons. The summed E-state index contributed by atoms with van der Waals surface area (Å²) in [6, 6.07) is 0. The Morgan fingerprint density at radius 1 is 1.45 bits per heavy atom. The number of hydrogen-bond acceptors (Lipinski definition) is 2. The summed E-state index contributed by atoms with van der Waals surface area (Å²) < 4.78 is 0. The molecule has 1 rings (SSSR count). The van der Waals surface area contributed by atoms with E-state index in [1.165, 1.54) is 0 Å². The van der Waals surface area contributed by atoms with Gasteiger partial charge in [-0.1, -0.05) is 0 Å². The second-order valence-electron chi connectivity index (χ2n) is 2.54. The fraction of sp³-hybridized carbons (Fsp3) is 0.625. The largest absolute Gasteiger partial charge is 0.331 e. The van der Waals surface area contributed by atoms with Crippen molar-refractivity contribution in [3.8, 4) is 12.3 Å². The summed E-state index contributed by atoms with van der Waals surface area (Å²) in [7, 11) is 0. The van der Waals surface area contributed by atoms with E-state index in [1.54, 1.807) is 4.90 Å². The average Bonchev–Trinajstić information content (AvgIpc) is 2.30. The third kappa shape index (κ3) is 2.24. The first-order valence-electron chi connectivity index (χ1n) is 3.81. The summed E-state index contributed by atoms with van der Waals surface area (Å²) in [5.74, 6) is 1.94. The molecule has 0 aromatic heterocycles. The third-order valence-electron chi connectivity index (χ3n) is 1.75. The van der Waals surface area contributed by atoms with Crippen LogP contribution in [-0.4, -0.2) is 37.0 Å². The van der Waals surface area contributed by atoms with E-state index in [-0.39, 0.29) is 5.91 Å². The Balaban J connectivity index is 2.44. The molecule has 1 aliphatic heterocycles. The quantitative estimate of drug-likeness (QED) is 0.472. The lowest BCUT2D eigenvalue weighted by Gasteiger charge is -2.15. The van der Waals surface area contributed by atoms with E-state index in [1.807, 2.05) is 0 Å². The van der Waals surface area contributed by atoms with Crippen LogP contribution in [0.5, 0.6) is 0 Å². The SMILES string of the molecule is C#CC(=O)N1CCCNCC1. The molecule has 1 N–H and O–H groups in total. The van der Waals surface area contributed by atoms with E-state index in [0.29, 0.717) is 0 Å². The molecular weight excluding hydrogens is 140 g/mol. The van der Waals surface area contributed by atoms with Crippen molar-refractivity contribution in [2.45, 2.75) is 6.42 Å². The van der Waals surface area contributed by atoms with Gasteiger partial charge in [0.05, 0.1) is 0 Å². The fourth-order valence-electron chi connectivity index (χ4n) is 1.14. The molecular formula is C8H12N2O. The van der Waals surface area contributed by atoms with Gasteiger partial charge < -0.3 is 10.2 Å². The summed E-state index contributed by atoms with van der Waals surface area (Å²) in [5.41, 5.74) is 0. The Morgan fingerprint density at radius 2 is 2.27 bits per heavy atom. The van der Waals surface area contributed by atoms with Crippen LogP contribution < -0.4 is 5.32 Å². The minimum Gasteiger partial charge on any atom is -0.331 e. The molecule has 3 heteroatoms. The molecule has 0 unspecified atom stereocenters. The van der Waals surface area contributed by atoms with E-state index >= 15 is 0 Å². The van der Waals surface area contributed by atoms with E-state index in [4.69, 9.17) is 6.42 Å². The number of rotatable bonds is 0. The minimum absolute atomic E-state index is 0.186. The van der Waals surface area contributed by atoms with E-state index in [0.717, 1.165) is 32.6 Å². The van der Waals surface area contributed by atoms with Crippen molar-refractivity contribution in [1.29, 1.82) is 0 Å². The molecule has 0 saturated carbocycles. The molecule has 0 aromatic carbocycles. The van der Waals surface area contributed by atoms with Gasteiger partial charge >= 0.3 is 0 Å². The molecule has 1 heterocycles. The lowest BCUT2D eigenvalue weighted by atomic mass is 10.4. The van der Waals surface area contributed by atoms with E-state index in [2.05, 4.69) is 11.2 Å². The van der Waals surface area contributed by atoms with Gasteiger partial charge in [0.2, 0.25) is 0 Å². The van der Waals surface area contributed by atoms with Crippen LogP contribution in [0.15, 0.2) is 0 Å². The van der Waals surface area contributed by atoms with Crippen molar-refractivity contribution >= 4 is 5.91 Å². The predicted molar refractivity (Wildman–Crippen MR) is 42.9 cm³/mol. The standard InChI is InChI=1S/C8H12N2O/c1-2-8(11)10-6-3-4-9-5-7-10/h1,9H,3-7H2. The monoisotopic (exact) mass is 152 g/mol. The second-order valence-corrected chi connectivity index (χ2v) is 2.54. The first-order valence-corrected chi connectivity index (χ1v) is 3.81. The van der Waals surface area contributed by atoms with Gasteiger partial charge in [0, 0.05) is 19.6 Å². The normalized spacial score (nSPS) is 18.6. The number of terminal acetylenes is 1. The van der Waals surface area contributed by atoms with Crippen LogP contribution >= 0.6 is 0 Å². The molecule has 1 saturated heterocycles. The van der Waals surface area contributed by atoms with Gasteiger partial charge in [-0.25, -0.2) is 0 Å². The smallest absolute Gasteiger partial charge is 0.298 e. The molecule has 1 aliphatic rings. The highest BCUT2D eigenvalue weighted by atomic mass is 16.2. The highest BCUT2D eigenvalue weighted by molar-refractivity contribution is 5.92. The molecule has 11 heavy (non-hydrogen) atoms. The van der Waals surface area contributed by atoms with Crippen LogP contribution in [0.2, 0.25) is 0 Å². The first-order chi connectivity index (χ1) is 5.34. The van der Waals surface area contributed by atoms with Crippen molar-refractivity contribution in [1.82, 2.24) is 10.2 Å². The summed E-state index contributed by atoms with van der Waals surface area (Å²) in [6.45, 7) is 3.36. The van der Waals surface area contributed by atoms with Crippen molar-refractivity contribution in [3.63, 3.8) is 0 Å². The third-order valence-corrected chi connectivity index (χ3v) is 1.75. The Kier molecular flexibility index (Phi) is 2.94. The van der Waals surface area contributed by atoms with Gasteiger partial charge in [0.15, 0.2) is 0 Å². The predicted octanol–water partition coefficient (Wildman–Crippen LogP) is -0.558. The van der Waals surface area contributed by atoms with Gasteiger partial charge in [0.1, 0.15) is 0 Å². The van der Waals surface area contributed by atoms with Crippen LogP contribution in [0.4, 0.5) is 0 Å². The topological polar surface area (TPSA) is 32.3 Å². The molecule has 0 aliphatic carbocycles. The number of nitrogens with one attached hydrogen (secondary N) is 1. The Labute approximate surface area is 66.8 Å². The summed E-state index contributed by atoms with van der Waals surface area (Å²) in [5, 5.41) is 3.19. The number of carbonyl (C=O) groups excluding carboxylic acids is 1. The lowest BCUT2D eigenvalue weighted by molar-refractivity contribution is -0.124. The minimum atomic E-state index is -0.186. The maximum absolute atomic E-state index is 11.0. The molecule has 0 radical (unpaired) electrons. The van der Waals surface area contributed by atoms with Crippen LogP contribution in [0, 0.1) is 12.3 Å². The second kappa shape index (κ2) is 3.99. The van der Waals surface area contributed by atoms with Crippen LogP contribution in [0.3, 0.4) is 0 Å². The average molecular weight is 152 g/mol. The van der Waals surface area contributed by atoms with Crippen molar-refractivity contribution in [2.75, 3.05) is 26.2 Å². The number of nitrogens with zero attached hydrogens (tertiary/aromatic N) is 1. The van der Waals surface area contributed by atoms with Crippen molar-refractivity contribution in [3.05, 3.63) is 0 Å². The van der Waals surface area contributed by atoms with Gasteiger partial charge in [0.25, 0.3) is 5.91 Å². The zero-order chi connectivity index (χ0) is 8.10. The highest BCUT2D eigenvalue weighted by Gasteiger charge is 2.11. The molecule has 0 spiro atoms. The number of amides is 1. The van der Waals surface area contributed by atoms with E-state index < -0.39 is 0 Å². The zero-order valence-electron chi connectivity index (χ0n) is 6.47. The Hall–Kier alpha value is -1.01. The van der Waals surface area contributed by atoms with Crippen LogP contribution in [-0.2, 0) is 4.79 Å². The molecule has 3 nitrogen and oxygen atoms in total. The fourth-order valence-corrected chi connectivity index (χ4v) is 1.14.